The molecule has 31 heavy (non-hydrogen) atoms. The second kappa shape index (κ2) is 8.67. The van der Waals surface area contributed by atoms with Crippen LogP contribution in [0.3, 0.4) is 0 Å². The van der Waals surface area contributed by atoms with Crippen LogP contribution in [0.15, 0.2) is 61.2 Å². The summed E-state index contributed by atoms with van der Waals surface area (Å²) in [5.41, 5.74) is 1.53. The van der Waals surface area contributed by atoms with Gasteiger partial charge in [-0.2, -0.15) is 0 Å². The van der Waals surface area contributed by atoms with Crippen LogP contribution in [0.1, 0.15) is 30.1 Å². The van der Waals surface area contributed by atoms with Gasteiger partial charge in [0, 0.05) is 22.6 Å². The van der Waals surface area contributed by atoms with Crippen LogP contribution < -0.4 is 0 Å². The van der Waals surface area contributed by atoms with Gasteiger partial charge in [-0.1, -0.05) is 54.6 Å². The van der Waals surface area contributed by atoms with Crippen molar-refractivity contribution in [2.75, 3.05) is 6.61 Å². The molecule has 3 aromatic rings. The Morgan fingerprint density at radius 2 is 1.35 bits per heavy atom. The Labute approximate surface area is 179 Å². The average molecular weight is 426 g/mol. The van der Waals surface area contributed by atoms with Crippen LogP contribution in [-0.4, -0.2) is 6.61 Å². The molecule has 1 aliphatic heterocycles. The van der Waals surface area contributed by atoms with Crippen molar-refractivity contribution in [1.29, 1.82) is 0 Å². The molecule has 2 unspecified atom stereocenters. The minimum absolute atomic E-state index is 0.100. The van der Waals surface area contributed by atoms with E-state index in [0.717, 1.165) is 6.42 Å². The van der Waals surface area contributed by atoms with Crippen LogP contribution in [0.2, 0.25) is 0 Å². The predicted octanol–water partition coefficient (Wildman–Crippen LogP) is 7.54. The zero-order valence-corrected chi connectivity index (χ0v) is 17.1. The van der Waals surface area contributed by atoms with Gasteiger partial charge in [0.15, 0.2) is 23.3 Å². The highest BCUT2D eigenvalue weighted by atomic mass is 19.2. The van der Waals surface area contributed by atoms with Gasteiger partial charge in [0.2, 0.25) is 0 Å². The largest absolute Gasteiger partial charge is 0.373 e. The summed E-state index contributed by atoms with van der Waals surface area (Å²) in [4.78, 5) is 0. The van der Waals surface area contributed by atoms with E-state index in [1.54, 1.807) is 30.3 Å². The number of halogens is 4. The normalized spacial score (nSPS) is 18.7. The lowest BCUT2D eigenvalue weighted by Crippen LogP contribution is -2.20. The maximum atomic E-state index is 14.9. The number of rotatable bonds is 4. The van der Waals surface area contributed by atoms with Crippen molar-refractivity contribution in [2.24, 2.45) is 5.92 Å². The van der Waals surface area contributed by atoms with Crippen molar-refractivity contribution in [3.05, 3.63) is 95.6 Å². The molecule has 1 heterocycles. The van der Waals surface area contributed by atoms with E-state index < -0.39 is 29.4 Å². The number of benzene rings is 3. The summed E-state index contributed by atoms with van der Waals surface area (Å²) in [6.45, 7) is 5.67. The summed E-state index contributed by atoms with van der Waals surface area (Å²) in [5, 5.41) is 0. The smallest absolute Gasteiger partial charge is 0.167 e. The highest BCUT2D eigenvalue weighted by Crippen LogP contribution is 2.36. The molecular formula is C26H22F4O. The fraction of sp³-hybridized carbons (Fsp3) is 0.231. The van der Waals surface area contributed by atoms with Crippen molar-refractivity contribution in [3.63, 3.8) is 0 Å². The molecule has 0 N–H and O–H groups in total. The highest BCUT2D eigenvalue weighted by molar-refractivity contribution is 5.71. The molecule has 0 amide bonds. The fourth-order valence-corrected chi connectivity index (χ4v) is 3.94. The van der Waals surface area contributed by atoms with Crippen LogP contribution in [0.25, 0.3) is 22.3 Å². The van der Waals surface area contributed by atoms with Crippen LogP contribution >= 0.6 is 0 Å². The summed E-state index contributed by atoms with van der Waals surface area (Å²) in [5.74, 6) is -3.47. The van der Waals surface area contributed by atoms with Crippen molar-refractivity contribution in [3.8, 4) is 22.3 Å². The number of ether oxygens (including phenoxy) is 1. The zero-order chi connectivity index (χ0) is 22.1. The molecule has 2 atom stereocenters. The molecule has 0 bridgehead atoms. The summed E-state index contributed by atoms with van der Waals surface area (Å²) >= 11 is 0. The second-order valence-electron chi connectivity index (χ2n) is 7.86. The molecule has 1 nitrogen and oxygen atoms in total. The van der Waals surface area contributed by atoms with Crippen molar-refractivity contribution in [2.45, 2.75) is 25.9 Å². The van der Waals surface area contributed by atoms with E-state index in [9.17, 15) is 17.6 Å². The Morgan fingerprint density at radius 3 is 1.90 bits per heavy atom. The van der Waals surface area contributed by atoms with E-state index in [1.807, 2.05) is 6.08 Å². The molecular weight excluding hydrogens is 404 g/mol. The highest BCUT2D eigenvalue weighted by Gasteiger charge is 2.26. The van der Waals surface area contributed by atoms with Gasteiger partial charge in [-0.15, -0.1) is 6.58 Å². The quantitative estimate of drug-likeness (QED) is 0.309. The van der Waals surface area contributed by atoms with E-state index in [0.29, 0.717) is 24.2 Å². The lowest BCUT2D eigenvalue weighted by Gasteiger charge is -2.28. The molecule has 1 saturated heterocycles. The molecule has 1 fully saturated rings. The third-order valence-corrected chi connectivity index (χ3v) is 5.89. The second-order valence-corrected chi connectivity index (χ2v) is 7.86. The molecule has 3 aromatic carbocycles. The van der Waals surface area contributed by atoms with Crippen LogP contribution in [-0.2, 0) is 4.74 Å². The van der Waals surface area contributed by atoms with Gasteiger partial charge in [-0.25, -0.2) is 17.6 Å². The van der Waals surface area contributed by atoms with Gasteiger partial charge >= 0.3 is 0 Å². The Kier molecular flexibility index (Phi) is 5.96. The third-order valence-electron chi connectivity index (χ3n) is 5.89. The Balaban J connectivity index is 1.61. The van der Waals surface area contributed by atoms with E-state index in [2.05, 4.69) is 6.58 Å². The molecule has 0 aliphatic carbocycles. The van der Waals surface area contributed by atoms with Crippen LogP contribution in [0.5, 0.6) is 0 Å². The monoisotopic (exact) mass is 426 g/mol. The van der Waals surface area contributed by atoms with Gasteiger partial charge < -0.3 is 4.74 Å². The Morgan fingerprint density at radius 1 is 0.774 bits per heavy atom. The topological polar surface area (TPSA) is 9.23 Å². The van der Waals surface area contributed by atoms with Gasteiger partial charge in [0.25, 0.3) is 0 Å². The zero-order valence-electron chi connectivity index (χ0n) is 17.1. The van der Waals surface area contributed by atoms with E-state index in [-0.39, 0.29) is 28.2 Å². The number of hydrogen-bond acceptors (Lipinski definition) is 1. The maximum absolute atomic E-state index is 14.9. The fourth-order valence-electron chi connectivity index (χ4n) is 3.94. The van der Waals surface area contributed by atoms with Crippen molar-refractivity contribution in [1.82, 2.24) is 0 Å². The third kappa shape index (κ3) is 4.02. The first kappa shape index (κ1) is 21.3. The summed E-state index contributed by atoms with van der Waals surface area (Å²) < 4.78 is 63.5. The molecule has 160 valence electrons. The Hall–Kier alpha value is -2.92. The van der Waals surface area contributed by atoms with E-state index in [1.165, 1.54) is 25.1 Å². The summed E-state index contributed by atoms with van der Waals surface area (Å²) in [6, 6.07) is 12.3. The standard InChI is InChI=1S/C26H22F4O/c1-3-16-5-13-22(31-14-16)21-12-11-20(25(29)26(21)30)18-8-6-17(7-9-18)19-10-4-15(2)23(27)24(19)28/h3-4,6-12,16,22H,1,5,13-14H2,2H3. The van der Waals surface area contributed by atoms with Gasteiger partial charge in [0.05, 0.1) is 12.7 Å². The molecule has 0 aromatic heterocycles. The van der Waals surface area contributed by atoms with Gasteiger partial charge in [0.1, 0.15) is 0 Å². The molecule has 1 aliphatic rings. The first-order valence-corrected chi connectivity index (χ1v) is 10.2. The van der Waals surface area contributed by atoms with Crippen molar-refractivity contribution < 1.29 is 22.3 Å². The molecule has 4 rings (SSSR count). The lowest BCUT2D eigenvalue weighted by atomic mass is 9.92. The van der Waals surface area contributed by atoms with Crippen LogP contribution in [0.4, 0.5) is 17.6 Å². The minimum atomic E-state index is -0.952. The van der Waals surface area contributed by atoms with E-state index >= 15 is 0 Å². The molecule has 0 saturated carbocycles. The lowest BCUT2D eigenvalue weighted by molar-refractivity contribution is -0.00732. The number of aryl methyl sites for hydroxylation is 1. The van der Waals surface area contributed by atoms with Crippen molar-refractivity contribution >= 4 is 0 Å². The summed E-state index contributed by atoms with van der Waals surface area (Å²) in [7, 11) is 0. The van der Waals surface area contributed by atoms with Gasteiger partial charge in [-0.3, -0.25) is 0 Å². The first-order chi connectivity index (χ1) is 14.9. The SMILES string of the molecule is C=CC1CCC(c2ccc(-c3ccc(-c4ccc(C)c(F)c4F)cc3)c(F)c2F)OC1. The predicted molar refractivity (Wildman–Crippen MR) is 113 cm³/mol. The van der Waals surface area contributed by atoms with Gasteiger partial charge in [-0.05, 0) is 36.5 Å². The minimum Gasteiger partial charge on any atom is -0.373 e. The maximum Gasteiger partial charge on any atom is 0.167 e. The molecule has 0 spiro atoms. The number of hydrogen-bond donors (Lipinski definition) is 0. The average Bonchev–Trinajstić information content (AvgIpc) is 2.80. The van der Waals surface area contributed by atoms with E-state index in [4.69, 9.17) is 4.74 Å². The molecule has 0 radical (unpaired) electrons. The first-order valence-electron chi connectivity index (χ1n) is 10.2. The molecule has 5 heteroatoms. The van der Waals surface area contributed by atoms with Crippen LogP contribution in [0, 0.1) is 36.1 Å². The Bertz CT molecular complexity index is 1110. The summed E-state index contributed by atoms with van der Waals surface area (Å²) in [6.07, 6.45) is 2.74.